The van der Waals surface area contributed by atoms with E-state index >= 15 is 0 Å². The number of hydrogen-bond donors (Lipinski definition) is 0. The predicted octanol–water partition coefficient (Wildman–Crippen LogP) is 3.15. The van der Waals surface area contributed by atoms with Crippen molar-refractivity contribution in [2.24, 2.45) is 5.92 Å². The van der Waals surface area contributed by atoms with Gasteiger partial charge >= 0.3 is 0 Å². The van der Waals surface area contributed by atoms with Crippen LogP contribution in [-0.4, -0.2) is 46.2 Å². The number of fused-ring (bicyclic) bond motifs is 1. The fourth-order valence-corrected chi connectivity index (χ4v) is 3.88. The molecule has 0 bridgehead atoms. The van der Waals surface area contributed by atoms with E-state index < -0.39 is 0 Å². The summed E-state index contributed by atoms with van der Waals surface area (Å²) in [5.74, 6) is 0.490. The van der Waals surface area contributed by atoms with Gasteiger partial charge in [0, 0.05) is 26.2 Å². The molecule has 2 amide bonds. The van der Waals surface area contributed by atoms with Crippen molar-refractivity contribution in [3.63, 3.8) is 0 Å². The SMILES string of the molecule is CC1CCN(C(=O)c2cccc(C(=O)N3CCc4ccccc4C3)n2)CC1. The van der Waals surface area contributed by atoms with Crippen molar-refractivity contribution in [2.75, 3.05) is 19.6 Å². The smallest absolute Gasteiger partial charge is 0.272 e. The molecule has 3 heterocycles. The molecule has 4 rings (SSSR count). The van der Waals surface area contributed by atoms with E-state index in [1.165, 1.54) is 11.1 Å². The standard InChI is InChI=1S/C22H25N3O2/c1-16-9-12-24(13-10-16)21(26)19-7-4-8-20(23-19)22(27)25-14-11-17-5-2-3-6-18(17)15-25/h2-8,16H,9-15H2,1H3. The number of nitrogens with zero attached hydrogens (tertiary/aromatic N) is 3. The third kappa shape index (κ3) is 3.72. The normalized spacial score (nSPS) is 17.5. The van der Waals surface area contributed by atoms with Gasteiger partial charge in [0.05, 0.1) is 0 Å². The highest BCUT2D eigenvalue weighted by atomic mass is 16.2. The molecule has 5 nitrogen and oxygen atoms in total. The van der Waals surface area contributed by atoms with E-state index in [2.05, 4.69) is 24.0 Å². The molecule has 1 aromatic heterocycles. The van der Waals surface area contributed by atoms with Crippen molar-refractivity contribution in [1.82, 2.24) is 14.8 Å². The maximum absolute atomic E-state index is 12.9. The van der Waals surface area contributed by atoms with Crippen LogP contribution in [0, 0.1) is 5.92 Å². The van der Waals surface area contributed by atoms with Crippen molar-refractivity contribution in [1.29, 1.82) is 0 Å². The van der Waals surface area contributed by atoms with Crippen LogP contribution in [-0.2, 0) is 13.0 Å². The molecule has 2 aromatic rings. The fourth-order valence-electron chi connectivity index (χ4n) is 3.88. The maximum atomic E-state index is 12.9. The molecule has 0 aliphatic carbocycles. The lowest BCUT2D eigenvalue weighted by atomic mass is 9.99. The van der Waals surface area contributed by atoms with Gasteiger partial charge in [0.25, 0.3) is 11.8 Å². The number of carbonyl (C=O) groups is 2. The van der Waals surface area contributed by atoms with E-state index in [-0.39, 0.29) is 11.8 Å². The average Bonchev–Trinajstić information content (AvgIpc) is 2.73. The highest BCUT2D eigenvalue weighted by Gasteiger charge is 2.25. The van der Waals surface area contributed by atoms with Gasteiger partial charge in [0.2, 0.25) is 0 Å². The lowest BCUT2D eigenvalue weighted by Gasteiger charge is -2.30. The van der Waals surface area contributed by atoms with E-state index in [0.29, 0.717) is 30.4 Å². The Balaban J connectivity index is 1.49. The number of carbonyl (C=O) groups excluding carboxylic acids is 2. The van der Waals surface area contributed by atoms with E-state index in [1.807, 2.05) is 21.9 Å². The van der Waals surface area contributed by atoms with Crippen LogP contribution in [0.2, 0.25) is 0 Å². The zero-order valence-electron chi connectivity index (χ0n) is 15.7. The molecule has 0 radical (unpaired) electrons. The highest BCUT2D eigenvalue weighted by Crippen LogP contribution is 2.21. The Labute approximate surface area is 160 Å². The van der Waals surface area contributed by atoms with E-state index in [1.54, 1.807) is 18.2 Å². The highest BCUT2D eigenvalue weighted by molar-refractivity contribution is 5.96. The van der Waals surface area contributed by atoms with Gasteiger partial charge < -0.3 is 9.80 Å². The number of piperidine rings is 1. The third-order valence-corrected chi connectivity index (χ3v) is 5.68. The van der Waals surface area contributed by atoms with Gasteiger partial charge in [-0.05, 0) is 48.4 Å². The van der Waals surface area contributed by atoms with Crippen LogP contribution in [0.25, 0.3) is 0 Å². The van der Waals surface area contributed by atoms with Crippen molar-refractivity contribution >= 4 is 11.8 Å². The Hall–Kier alpha value is -2.69. The lowest BCUT2D eigenvalue weighted by molar-refractivity contribution is 0.0689. The van der Waals surface area contributed by atoms with Crippen LogP contribution in [0.15, 0.2) is 42.5 Å². The molecule has 27 heavy (non-hydrogen) atoms. The molecular weight excluding hydrogens is 338 g/mol. The number of pyridine rings is 1. The number of rotatable bonds is 2. The average molecular weight is 363 g/mol. The van der Waals surface area contributed by atoms with Gasteiger partial charge in [-0.15, -0.1) is 0 Å². The molecule has 5 heteroatoms. The monoisotopic (exact) mass is 363 g/mol. The van der Waals surface area contributed by atoms with Gasteiger partial charge in [0.15, 0.2) is 0 Å². The Bertz CT molecular complexity index is 856. The van der Waals surface area contributed by atoms with Crippen molar-refractivity contribution in [3.8, 4) is 0 Å². The second-order valence-electron chi connectivity index (χ2n) is 7.63. The van der Waals surface area contributed by atoms with Crippen molar-refractivity contribution in [3.05, 3.63) is 65.0 Å². The molecule has 0 spiro atoms. The summed E-state index contributed by atoms with van der Waals surface area (Å²) in [6.07, 6.45) is 2.90. The number of benzene rings is 1. The Morgan fingerprint density at radius 2 is 1.48 bits per heavy atom. The maximum Gasteiger partial charge on any atom is 0.272 e. The molecule has 1 fully saturated rings. The summed E-state index contributed by atoms with van der Waals surface area (Å²) in [6, 6.07) is 13.4. The molecule has 0 atom stereocenters. The van der Waals surface area contributed by atoms with Gasteiger partial charge in [-0.1, -0.05) is 37.3 Å². The molecule has 2 aliphatic rings. The van der Waals surface area contributed by atoms with Crippen LogP contribution in [0.4, 0.5) is 0 Å². The van der Waals surface area contributed by atoms with Crippen LogP contribution in [0.5, 0.6) is 0 Å². The van der Waals surface area contributed by atoms with Crippen LogP contribution in [0.3, 0.4) is 0 Å². The van der Waals surface area contributed by atoms with Gasteiger partial charge in [-0.2, -0.15) is 0 Å². The first-order valence-corrected chi connectivity index (χ1v) is 9.74. The van der Waals surface area contributed by atoms with Gasteiger partial charge in [-0.3, -0.25) is 9.59 Å². The van der Waals surface area contributed by atoms with E-state index in [0.717, 1.165) is 32.4 Å². The van der Waals surface area contributed by atoms with Crippen LogP contribution >= 0.6 is 0 Å². The Morgan fingerprint density at radius 1 is 0.852 bits per heavy atom. The summed E-state index contributed by atoms with van der Waals surface area (Å²) in [6.45, 7) is 5.03. The topological polar surface area (TPSA) is 53.5 Å². The summed E-state index contributed by atoms with van der Waals surface area (Å²) in [4.78, 5) is 33.8. The molecule has 140 valence electrons. The molecule has 0 saturated carbocycles. The van der Waals surface area contributed by atoms with Gasteiger partial charge in [-0.25, -0.2) is 4.98 Å². The first kappa shape index (κ1) is 17.7. The number of amides is 2. The first-order chi connectivity index (χ1) is 13.1. The molecule has 0 unspecified atom stereocenters. The number of hydrogen-bond acceptors (Lipinski definition) is 3. The van der Waals surface area contributed by atoms with Crippen LogP contribution < -0.4 is 0 Å². The second-order valence-corrected chi connectivity index (χ2v) is 7.63. The Kier molecular flexibility index (Phi) is 4.92. The Morgan fingerprint density at radius 3 is 2.19 bits per heavy atom. The van der Waals surface area contributed by atoms with Crippen molar-refractivity contribution < 1.29 is 9.59 Å². The molecule has 0 N–H and O–H groups in total. The minimum absolute atomic E-state index is 0.0689. The van der Waals surface area contributed by atoms with Crippen molar-refractivity contribution in [2.45, 2.75) is 32.7 Å². The predicted molar refractivity (Wildman–Crippen MR) is 103 cm³/mol. The quantitative estimate of drug-likeness (QED) is 0.824. The van der Waals surface area contributed by atoms with Gasteiger partial charge in [0.1, 0.15) is 11.4 Å². The lowest BCUT2D eigenvalue weighted by Crippen LogP contribution is -2.39. The second kappa shape index (κ2) is 7.51. The zero-order chi connectivity index (χ0) is 18.8. The minimum Gasteiger partial charge on any atom is -0.337 e. The summed E-state index contributed by atoms with van der Waals surface area (Å²) in [7, 11) is 0. The molecule has 1 aromatic carbocycles. The summed E-state index contributed by atoms with van der Waals surface area (Å²) < 4.78 is 0. The summed E-state index contributed by atoms with van der Waals surface area (Å²) in [5, 5.41) is 0. The largest absolute Gasteiger partial charge is 0.337 e. The first-order valence-electron chi connectivity index (χ1n) is 9.74. The molecule has 1 saturated heterocycles. The number of likely N-dealkylation sites (tertiary alicyclic amines) is 1. The molecular formula is C22H25N3O2. The zero-order valence-corrected chi connectivity index (χ0v) is 15.7. The van der Waals surface area contributed by atoms with Crippen LogP contribution in [0.1, 0.15) is 51.9 Å². The van der Waals surface area contributed by atoms with E-state index in [4.69, 9.17) is 0 Å². The third-order valence-electron chi connectivity index (χ3n) is 5.68. The summed E-state index contributed by atoms with van der Waals surface area (Å²) >= 11 is 0. The number of aromatic nitrogens is 1. The summed E-state index contributed by atoms with van der Waals surface area (Å²) in [5.41, 5.74) is 3.21. The molecule has 2 aliphatic heterocycles. The van der Waals surface area contributed by atoms with E-state index in [9.17, 15) is 9.59 Å². The minimum atomic E-state index is -0.105. The fraction of sp³-hybridized carbons (Fsp3) is 0.409.